The SMILES string of the molecule is O=C(NC(=S)Nc1ccc(I)cc1C(F)(F)F)c1ccc(Cl)cc1. The van der Waals surface area contributed by atoms with E-state index >= 15 is 0 Å². The summed E-state index contributed by atoms with van der Waals surface area (Å²) in [6.45, 7) is 0. The molecule has 0 atom stereocenters. The maximum atomic E-state index is 13.1. The van der Waals surface area contributed by atoms with Crippen molar-refractivity contribution in [3.63, 3.8) is 0 Å². The topological polar surface area (TPSA) is 41.1 Å². The zero-order valence-electron chi connectivity index (χ0n) is 11.7. The minimum atomic E-state index is -4.54. The number of carbonyl (C=O) groups is 1. The van der Waals surface area contributed by atoms with E-state index in [-0.39, 0.29) is 16.4 Å². The van der Waals surface area contributed by atoms with E-state index in [9.17, 15) is 18.0 Å². The molecule has 2 N–H and O–H groups in total. The Hall–Kier alpha value is -1.39. The summed E-state index contributed by atoms with van der Waals surface area (Å²) in [5, 5.41) is 4.96. The molecule has 0 saturated carbocycles. The third-order valence-corrected chi connectivity index (χ3v) is 4.00. The molecule has 0 radical (unpaired) electrons. The van der Waals surface area contributed by atoms with E-state index in [2.05, 4.69) is 10.6 Å². The largest absolute Gasteiger partial charge is 0.418 e. The maximum Gasteiger partial charge on any atom is 0.418 e. The minimum Gasteiger partial charge on any atom is -0.332 e. The first-order valence-electron chi connectivity index (χ1n) is 6.41. The van der Waals surface area contributed by atoms with Crippen LogP contribution in [0.2, 0.25) is 5.02 Å². The highest BCUT2D eigenvalue weighted by Gasteiger charge is 2.34. The third kappa shape index (κ3) is 5.05. The van der Waals surface area contributed by atoms with Crippen molar-refractivity contribution in [2.24, 2.45) is 0 Å². The van der Waals surface area contributed by atoms with Gasteiger partial charge in [-0.3, -0.25) is 10.1 Å². The normalized spacial score (nSPS) is 11.0. The van der Waals surface area contributed by atoms with Gasteiger partial charge in [-0.15, -0.1) is 0 Å². The summed E-state index contributed by atoms with van der Waals surface area (Å²) in [5.74, 6) is -0.553. The second-order valence-corrected chi connectivity index (χ2v) is 6.69. The van der Waals surface area contributed by atoms with Gasteiger partial charge in [0.05, 0.1) is 11.3 Å². The van der Waals surface area contributed by atoms with Gasteiger partial charge >= 0.3 is 6.18 Å². The van der Waals surface area contributed by atoms with Gasteiger partial charge in [0.2, 0.25) is 0 Å². The molecule has 0 aliphatic rings. The second kappa shape index (κ2) is 7.66. The van der Waals surface area contributed by atoms with Gasteiger partial charge in [-0.25, -0.2) is 0 Å². The number of thiocarbonyl (C=S) groups is 1. The predicted octanol–water partition coefficient (Wildman–Crippen LogP) is 5.09. The van der Waals surface area contributed by atoms with Gasteiger partial charge in [0.1, 0.15) is 0 Å². The molecule has 0 heterocycles. The van der Waals surface area contributed by atoms with E-state index in [4.69, 9.17) is 23.8 Å². The van der Waals surface area contributed by atoms with Crippen molar-refractivity contribution in [1.29, 1.82) is 0 Å². The van der Waals surface area contributed by atoms with Crippen LogP contribution in [0.15, 0.2) is 42.5 Å². The molecule has 126 valence electrons. The Labute approximate surface area is 159 Å². The average molecular weight is 485 g/mol. The van der Waals surface area contributed by atoms with Gasteiger partial charge in [-0.05, 0) is 77.3 Å². The summed E-state index contributed by atoms with van der Waals surface area (Å²) in [4.78, 5) is 12.0. The molecule has 0 aromatic heterocycles. The number of nitrogens with one attached hydrogen (secondary N) is 2. The summed E-state index contributed by atoms with van der Waals surface area (Å²) >= 11 is 12.4. The van der Waals surface area contributed by atoms with E-state index in [1.165, 1.54) is 36.4 Å². The fraction of sp³-hybridized carbons (Fsp3) is 0.0667. The van der Waals surface area contributed by atoms with Crippen molar-refractivity contribution < 1.29 is 18.0 Å². The van der Waals surface area contributed by atoms with Crippen molar-refractivity contribution in [1.82, 2.24) is 5.32 Å². The lowest BCUT2D eigenvalue weighted by atomic mass is 10.1. The Balaban J connectivity index is 2.13. The van der Waals surface area contributed by atoms with Gasteiger partial charge in [0, 0.05) is 14.2 Å². The monoisotopic (exact) mass is 484 g/mol. The molecule has 2 rings (SSSR count). The molecule has 2 aromatic carbocycles. The molecular weight excluding hydrogens is 476 g/mol. The molecule has 0 saturated heterocycles. The van der Waals surface area contributed by atoms with Crippen molar-refractivity contribution in [2.75, 3.05) is 5.32 Å². The Bertz CT molecular complexity index is 781. The first-order valence-corrected chi connectivity index (χ1v) is 8.28. The number of halogens is 5. The van der Waals surface area contributed by atoms with Crippen molar-refractivity contribution >= 4 is 63.1 Å². The van der Waals surface area contributed by atoms with Crippen molar-refractivity contribution in [3.05, 3.63) is 62.2 Å². The highest BCUT2D eigenvalue weighted by Crippen LogP contribution is 2.35. The van der Waals surface area contributed by atoms with Crippen LogP contribution in [0.4, 0.5) is 18.9 Å². The lowest BCUT2D eigenvalue weighted by molar-refractivity contribution is -0.136. The molecule has 3 nitrogen and oxygen atoms in total. The van der Waals surface area contributed by atoms with Gasteiger partial charge in [0.15, 0.2) is 5.11 Å². The Morgan fingerprint density at radius 2 is 1.75 bits per heavy atom. The van der Waals surface area contributed by atoms with Crippen LogP contribution in [-0.2, 0) is 6.18 Å². The Kier molecular flexibility index (Phi) is 6.05. The first-order chi connectivity index (χ1) is 11.2. The molecule has 0 fully saturated rings. The quantitative estimate of drug-likeness (QED) is 0.461. The second-order valence-electron chi connectivity index (χ2n) is 4.60. The summed E-state index contributed by atoms with van der Waals surface area (Å²) in [6.07, 6.45) is -4.54. The van der Waals surface area contributed by atoms with E-state index < -0.39 is 17.6 Å². The highest BCUT2D eigenvalue weighted by atomic mass is 127. The van der Waals surface area contributed by atoms with Crippen LogP contribution >= 0.6 is 46.4 Å². The van der Waals surface area contributed by atoms with Crippen LogP contribution < -0.4 is 10.6 Å². The van der Waals surface area contributed by atoms with Crippen molar-refractivity contribution in [3.8, 4) is 0 Å². The number of carbonyl (C=O) groups excluding carboxylic acids is 1. The van der Waals surface area contributed by atoms with E-state index in [0.717, 1.165) is 6.07 Å². The van der Waals surface area contributed by atoms with Crippen LogP contribution in [0, 0.1) is 3.57 Å². The predicted molar refractivity (Wildman–Crippen MR) is 99.3 cm³/mol. The van der Waals surface area contributed by atoms with Crippen LogP contribution in [0.3, 0.4) is 0 Å². The number of rotatable bonds is 2. The standard InChI is InChI=1S/C15H9ClF3IN2OS/c16-9-3-1-8(2-4-9)13(23)22-14(24)21-12-6-5-10(20)7-11(12)15(17,18)19/h1-7H,(H2,21,22,23,24). The summed E-state index contributed by atoms with van der Waals surface area (Å²) in [7, 11) is 0. The molecule has 2 aromatic rings. The molecule has 0 unspecified atom stereocenters. The number of benzene rings is 2. The molecule has 0 aliphatic carbocycles. The summed E-state index contributed by atoms with van der Waals surface area (Å²) in [5.41, 5.74) is -0.816. The number of hydrogen-bond acceptors (Lipinski definition) is 2. The van der Waals surface area contributed by atoms with Gasteiger partial charge in [0.25, 0.3) is 5.91 Å². The van der Waals surface area contributed by atoms with Crippen molar-refractivity contribution in [2.45, 2.75) is 6.18 Å². The lowest BCUT2D eigenvalue weighted by Crippen LogP contribution is -2.34. The van der Waals surface area contributed by atoms with Gasteiger partial charge in [-0.1, -0.05) is 11.6 Å². The Morgan fingerprint density at radius 3 is 2.33 bits per heavy atom. The zero-order chi connectivity index (χ0) is 17.9. The molecule has 0 bridgehead atoms. The molecule has 0 aliphatic heterocycles. The fourth-order valence-electron chi connectivity index (χ4n) is 1.79. The van der Waals surface area contributed by atoms with E-state index in [1.807, 2.05) is 0 Å². The fourth-order valence-corrected chi connectivity index (χ4v) is 2.61. The van der Waals surface area contributed by atoms with Crippen LogP contribution in [0.1, 0.15) is 15.9 Å². The molecule has 0 spiro atoms. The summed E-state index contributed by atoms with van der Waals surface area (Å²) in [6, 6.07) is 9.75. The third-order valence-electron chi connectivity index (χ3n) is 2.87. The first kappa shape index (κ1) is 18.9. The highest BCUT2D eigenvalue weighted by molar-refractivity contribution is 14.1. The maximum absolute atomic E-state index is 13.1. The van der Waals surface area contributed by atoms with E-state index in [0.29, 0.717) is 8.59 Å². The number of hydrogen-bond donors (Lipinski definition) is 2. The lowest BCUT2D eigenvalue weighted by Gasteiger charge is -2.16. The smallest absolute Gasteiger partial charge is 0.332 e. The van der Waals surface area contributed by atoms with E-state index in [1.54, 1.807) is 22.6 Å². The number of alkyl halides is 3. The van der Waals surface area contributed by atoms with Gasteiger partial charge in [-0.2, -0.15) is 13.2 Å². The molecular formula is C15H9ClF3IN2OS. The Morgan fingerprint density at radius 1 is 1.12 bits per heavy atom. The molecule has 24 heavy (non-hydrogen) atoms. The summed E-state index contributed by atoms with van der Waals surface area (Å²) < 4.78 is 39.6. The molecule has 9 heteroatoms. The number of amides is 1. The van der Waals surface area contributed by atoms with Crippen LogP contribution in [0.25, 0.3) is 0 Å². The molecule has 1 amide bonds. The minimum absolute atomic E-state index is 0.232. The number of anilines is 1. The average Bonchev–Trinajstić information content (AvgIpc) is 2.48. The van der Waals surface area contributed by atoms with Gasteiger partial charge < -0.3 is 5.32 Å². The van der Waals surface area contributed by atoms with Crippen LogP contribution in [0.5, 0.6) is 0 Å². The van der Waals surface area contributed by atoms with Crippen LogP contribution in [-0.4, -0.2) is 11.0 Å². The zero-order valence-corrected chi connectivity index (χ0v) is 15.5.